The van der Waals surface area contributed by atoms with Gasteiger partial charge in [0.05, 0.1) is 0 Å². The topological polar surface area (TPSA) is 202 Å². The molecule has 0 aromatic rings. The fraction of sp³-hybridized carbons (Fsp3) is 0. The summed E-state index contributed by atoms with van der Waals surface area (Å²) in [6, 6.07) is 0. The Morgan fingerprint density at radius 3 is 0.800 bits per heavy atom. The van der Waals surface area contributed by atoms with Gasteiger partial charge >= 0.3 is 23.5 Å². The van der Waals surface area contributed by atoms with Crippen molar-refractivity contribution < 1.29 is 69.3 Å². The van der Waals surface area contributed by atoms with E-state index in [1.165, 1.54) is 0 Å². The van der Waals surface area contributed by atoms with Crippen LogP contribution in [0.15, 0.2) is 0 Å². The molecule has 7 N–H and O–H groups in total. The van der Waals surface area contributed by atoms with Crippen LogP contribution in [0.2, 0.25) is 0 Å². The molecule has 11 nitrogen and oxygen atoms in total. The number of phosphoric acid groups is 3. The van der Waals surface area contributed by atoms with E-state index in [1.807, 2.05) is 0 Å². The van der Waals surface area contributed by atoms with Crippen LogP contribution in [0.25, 0.3) is 0 Å². The van der Waals surface area contributed by atoms with E-state index in [9.17, 15) is 9.13 Å². The molecule has 0 aromatic heterocycles. The summed E-state index contributed by atoms with van der Waals surface area (Å²) < 4.78 is 31.1. The summed E-state index contributed by atoms with van der Waals surface area (Å²) in [5, 5.41) is 0. The molecule has 1 radical (unpaired) electrons. The van der Waals surface area contributed by atoms with Crippen LogP contribution in [-0.4, -0.2) is 34.3 Å². The Kier molecular flexibility index (Phi) is 10.3. The first-order valence-corrected chi connectivity index (χ1v) is 6.94. The van der Waals surface area contributed by atoms with Gasteiger partial charge in [0.15, 0.2) is 0 Å². The average molecular weight is 331 g/mol. The average Bonchev–Trinajstić information content (AvgIpc) is 1.42. The molecule has 95 valence electrons. The van der Waals surface area contributed by atoms with Gasteiger partial charge in [-0.25, -0.2) is 13.7 Å². The van der Waals surface area contributed by atoms with Gasteiger partial charge in [0.25, 0.3) is 0 Å². The standard InChI is InChI=1S/Mn.H4O7P2.H3O4P/c;1-8(2,3)7-9(4,5)6;1-5(2,3)4/h;(H2,1,2,3)(H2,4,5,6);(H3,1,2,3,4). The van der Waals surface area contributed by atoms with E-state index in [2.05, 4.69) is 4.31 Å². The van der Waals surface area contributed by atoms with Crippen molar-refractivity contribution in [3.8, 4) is 0 Å². The second-order valence-corrected chi connectivity index (χ2v) is 5.22. The van der Waals surface area contributed by atoms with E-state index < -0.39 is 23.5 Å². The normalized spacial score (nSPS) is 12.2. The van der Waals surface area contributed by atoms with Crippen LogP contribution in [0, 0.1) is 0 Å². The number of hydrogen-bond acceptors (Lipinski definition) is 4. The fourth-order valence-corrected chi connectivity index (χ4v) is 1.25. The summed E-state index contributed by atoms with van der Waals surface area (Å²) in [5.41, 5.74) is 0. The Balaban J connectivity index is -0.000000208. The van der Waals surface area contributed by atoms with E-state index in [-0.39, 0.29) is 17.1 Å². The summed E-state index contributed by atoms with van der Waals surface area (Å²) in [7, 11) is -14.7. The van der Waals surface area contributed by atoms with E-state index in [4.69, 9.17) is 38.8 Å². The maximum Gasteiger partial charge on any atom is 0.478 e. The Morgan fingerprint density at radius 1 is 0.667 bits per heavy atom. The van der Waals surface area contributed by atoms with Crippen LogP contribution in [0.4, 0.5) is 0 Å². The number of hydrogen-bond donors (Lipinski definition) is 7. The van der Waals surface area contributed by atoms with Crippen LogP contribution in [0.3, 0.4) is 0 Å². The van der Waals surface area contributed by atoms with Crippen LogP contribution in [-0.2, 0) is 35.1 Å². The third-order valence-electron chi connectivity index (χ3n) is 0.213. The minimum Gasteiger partial charge on any atom is -0.303 e. The Hall–Kier alpha value is 0.889. The zero-order valence-electron chi connectivity index (χ0n) is 6.48. The molecule has 0 fully saturated rings. The van der Waals surface area contributed by atoms with Gasteiger partial charge in [0.1, 0.15) is 0 Å². The second kappa shape index (κ2) is 7.26. The van der Waals surface area contributed by atoms with Crippen molar-refractivity contribution in [3.05, 3.63) is 0 Å². The molecule has 0 unspecified atom stereocenters. The maximum absolute atomic E-state index is 9.63. The van der Waals surface area contributed by atoms with Crippen molar-refractivity contribution in [2.75, 3.05) is 0 Å². The van der Waals surface area contributed by atoms with Gasteiger partial charge in [-0.3, -0.25) is 0 Å². The molecule has 0 saturated carbocycles. The van der Waals surface area contributed by atoms with E-state index in [0.29, 0.717) is 0 Å². The van der Waals surface area contributed by atoms with Gasteiger partial charge < -0.3 is 34.3 Å². The summed E-state index contributed by atoms with van der Waals surface area (Å²) in [5.74, 6) is 0. The van der Waals surface area contributed by atoms with Gasteiger partial charge in [-0.1, -0.05) is 0 Å². The minimum atomic E-state index is -5.05. The largest absolute Gasteiger partial charge is 0.478 e. The first-order valence-electron chi connectivity index (χ1n) is 2.31. The SMILES string of the molecule is O=P(O)(O)O.O=P(O)(O)OP(=O)(O)O.[Mn]. The van der Waals surface area contributed by atoms with Crippen molar-refractivity contribution in [3.63, 3.8) is 0 Å². The molecule has 0 amide bonds. The van der Waals surface area contributed by atoms with Crippen LogP contribution in [0.1, 0.15) is 0 Å². The monoisotopic (exact) mass is 331 g/mol. The summed E-state index contributed by atoms with van der Waals surface area (Å²) >= 11 is 0. The van der Waals surface area contributed by atoms with Crippen LogP contribution in [0.5, 0.6) is 0 Å². The van der Waals surface area contributed by atoms with Crippen molar-refractivity contribution in [1.29, 1.82) is 0 Å². The predicted octanol–water partition coefficient (Wildman–Crippen LogP) is -1.74. The molecule has 0 atom stereocenters. The first kappa shape index (κ1) is 21.2. The number of rotatable bonds is 2. The molecule has 15 heteroatoms. The Morgan fingerprint density at radius 2 is 0.800 bits per heavy atom. The van der Waals surface area contributed by atoms with Crippen molar-refractivity contribution in [2.45, 2.75) is 0 Å². The van der Waals surface area contributed by atoms with Crippen molar-refractivity contribution in [2.24, 2.45) is 0 Å². The zero-order chi connectivity index (χ0) is 12.2. The summed E-state index contributed by atoms with van der Waals surface area (Å²) in [4.78, 5) is 52.6. The maximum atomic E-state index is 9.63. The molecule has 0 aliphatic heterocycles. The molecular weight excluding hydrogens is 324 g/mol. The quantitative estimate of drug-likeness (QED) is 0.223. The molecule has 0 aliphatic carbocycles. The fourth-order valence-electron chi connectivity index (χ4n) is 0.139. The van der Waals surface area contributed by atoms with Crippen molar-refractivity contribution >= 4 is 23.5 Å². The zero-order valence-corrected chi connectivity index (χ0v) is 10.3. The third kappa shape index (κ3) is 52.1. The molecule has 0 aromatic carbocycles. The second-order valence-electron chi connectivity index (χ2n) is 1.58. The summed E-state index contributed by atoms with van der Waals surface area (Å²) in [6.07, 6.45) is 0. The van der Waals surface area contributed by atoms with Gasteiger partial charge in [-0.2, -0.15) is 4.31 Å². The first-order chi connectivity index (χ1) is 5.71. The molecule has 0 bridgehead atoms. The van der Waals surface area contributed by atoms with Gasteiger partial charge in [0, 0.05) is 17.1 Å². The molecule has 0 aliphatic rings. The smallest absolute Gasteiger partial charge is 0.303 e. The molecule has 0 heterocycles. The predicted molar refractivity (Wildman–Crippen MR) is 39.4 cm³/mol. The third-order valence-corrected chi connectivity index (χ3v) is 1.91. The van der Waals surface area contributed by atoms with E-state index >= 15 is 0 Å². The van der Waals surface area contributed by atoms with Crippen molar-refractivity contribution in [1.82, 2.24) is 0 Å². The van der Waals surface area contributed by atoms with Gasteiger partial charge in [-0.15, -0.1) is 0 Å². The van der Waals surface area contributed by atoms with Gasteiger partial charge in [-0.05, 0) is 0 Å². The van der Waals surface area contributed by atoms with E-state index in [0.717, 1.165) is 0 Å². The van der Waals surface area contributed by atoms with Crippen LogP contribution >= 0.6 is 23.5 Å². The summed E-state index contributed by atoms with van der Waals surface area (Å²) in [6.45, 7) is 0. The molecule has 0 saturated heterocycles. The Labute approximate surface area is 93.3 Å². The van der Waals surface area contributed by atoms with E-state index in [1.54, 1.807) is 0 Å². The van der Waals surface area contributed by atoms with Crippen LogP contribution < -0.4 is 0 Å². The molecule has 0 spiro atoms. The molecule has 15 heavy (non-hydrogen) atoms. The van der Waals surface area contributed by atoms with Gasteiger partial charge in [0.2, 0.25) is 0 Å². The minimum absolute atomic E-state index is 0. The molecular formula is H7MnO11P3. The molecule has 0 rings (SSSR count). The Bertz CT molecular complexity index is 259.